The van der Waals surface area contributed by atoms with E-state index in [2.05, 4.69) is 5.32 Å². The van der Waals surface area contributed by atoms with Crippen LogP contribution in [0.25, 0.3) is 0 Å². The molecule has 0 spiro atoms. The Morgan fingerprint density at radius 3 is 2.33 bits per heavy atom. The number of hydrogen-bond donors (Lipinski definition) is 3. The SMILES string of the molecule is CC(C)NC(C)(CCCC(=O)O)C(N)=O. The second-order valence-electron chi connectivity index (χ2n) is 4.24. The molecule has 5 nitrogen and oxygen atoms in total. The highest BCUT2D eigenvalue weighted by atomic mass is 16.4. The number of amides is 1. The predicted molar refractivity (Wildman–Crippen MR) is 57.4 cm³/mol. The maximum Gasteiger partial charge on any atom is 0.303 e. The Labute approximate surface area is 90.0 Å². The largest absolute Gasteiger partial charge is 0.481 e. The van der Waals surface area contributed by atoms with Crippen molar-refractivity contribution in [1.29, 1.82) is 0 Å². The summed E-state index contributed by atoms with van der Waals surface area (Å²) in [6.45, 7) is 5.54. The second kappa shape index (κ2) is 5.70. The van der Waals surface area contributed by atoms with Gasteiger partial charge in [-0.05, 0) is 33.6 Å². The summed E-state index contributed by atoms with van der Waals surface area (Å²) in [5, 5.41) is 11.6. The normalized spacial score (nSPS) is 14.9. The van der Waals surface area contributed by atoms with Crippen LogP contribution >= 0.6 is 0 Å². The van der Waals surface area contributed by atoms with E-state index in [0.717, 1.165) is 0 Å². The molecule has 0 rings (SSSR count). The van der Waals surface area contributed by atoms with Crippen LogP contribution in [-0.2, 0) is 9.59 Å². The average molecular weight is 216 g/mol. The molecule has 0 saturated heterocycles. The second-order valence-corrected chi connectivity index (χ2v) is 4.24. The van der Waals surface area contributed by atoms with E-state index in [1.807, 2.05) is 13.8 Å². The van der Waals surface area contributed by atoms with Gasteiger partial charge in [0.25, 0.3) is 0 Å². The van der Waals surface area contributed by atoms with Crippen molar-refractivity contribution in [3.8, 4) is 0 Å². The molecule has 0 aromatic rings. The minimum atomic E-state index is -0.855. The van der Waals surface area contributed by atoms with E-state index in [1.54, 1.807) is 6.92 Å². The summed E-state index contributed by atoms with van der Waals surface area (Å²) in [6, 6.07) is 0.132. The van der Waals surface area contributed by atoms with Crippen LogP contribution in [0.5, 0.6) is 0 Å². The molecule has 15 heavy (non-hydrogen) atoms. The van der Waals surface area contributed by atoms with E-state index >= 15 is 0 Å². The van der Waals surface area contributed by atoms with Gasteiger partial charge in [0.2, 0.25) is 5.91 Å². The van der Waals surface area contributed by atoms with Crippen LogP contribution in [0.3, 0.4) is 0 Å². The zero-order valence-corrected chi connectivity index (χ0v) is 9.54. The molecule has 0 fully saturated rings. The number of carboxylic acids is 1. The van der Waals surface area contributed by atoms with Gasteiger partial charge in [0.05, 0.1) is 5.54 Å². The summed E-state index contributed by atoms with van der Waals surface area (Å²) in [5.74, 6) is -1.30. The number of primary amides is 1. The molecule has 1 unspecified atom stereocenters. The van der Waals surface area contributed by atoms with Crippen LogP contribution in [0.15, 0.2) is 0 Å². The Hall–Kier alpha value is -1.10. The van der Waals surface area contributed by atoms with Gasteiger partial charge >= 0.3 is 5.97 Å². The van der Waals surface area contributed by atoms with Crippen LogP contribution < -0.4 is 11.1 Å². The zero-order chi connectivity index (χ0) is 12.1. The van der Waals surface area contributed by atoms with Crippen LogP contribution in [-0.4, -0.2) is 28.6 Å². The first-order valence-electron chi connectivity index (χ1n) is 5.07. The van der Waals surface area contributed by atoms with Gasteiger partial charge in [0.15, 0.2) is 0 Å². The van der Waals surface area contributed by atoms with Crippen molar-refractivity contribution in [3.05, 3.63) is 0 Å². The summed E-state index contributed by atoms with van der Waals surface area (Å²) < 4.78 is 0. The fourth-order valence-electron chi connectivity index (χ4n) is 1.50. The first-order chi connectivity index (χ1) is 6.78. The monoisotopic (exact) mass is 216 g/mol. The van der Waals surface area contributed by atoms with E-state index in [9.17, 15) is 9.59 Å². The maximum absolute atomic E-state index is 11.2. The molecule has 0 aliphatic carbocycles. The zero-order valence-electron chi connectivity index (χ0n) is 9.54. The number of nitrogens with one attached hydrogen (secondary N) is 1. The van der Waals surface area contributed by atoms with Crippen molar-refractivity contribution in [2.24, 2.45) is 5.73 Å². The lowest BCUT2D eigenvalue weighted by Crippen LogP contribution is -2.55. The van der Waals surface area contributed by atoms with Gasteiger partial charge in [-0.25, -0.2) is 0 Å². The molecule has 0 saturated carbocycles. The third-order valence-electron chi connectivity index (χ3n) is 2.22. The molecule has 1 atom stereocenters. The van der Waals surface area contributed by atoms with Gasteiger partial charge in [-0.2, -0.15) is 0 Å². The van der Waals surface area contributed by atoms with Crippen molar-refractivity contribution < 1.29 is 14.7 Å². The highest BCUT2D eigenvalue weighted by Crippen LogP contribution is 2.14. The van der Waals surface area contributed by atoms with Gasteiger partial charge < -0.3 is 16.2 Å². The minimum Gasteiger partial charge on any atom is -0.481 e. The predicted octanol–water partition coefficient (Wildman–Crippen LogP) is 0.483. The first-order valence-corrected chi connectivity index (χ1v) is 5.07. The highest BCUT2D eigenvalue weighted by molar-refractivity contribution is 5.84. The van der Waals surface area contributed by atoms with E-state index < -0.39 is 17.4 Å². The summed E-state index contributed by atoms with van der Waals surface area (Å²) in [7, 11) is 0. The quantitative estimate of drug-likeness (QED) is 0.577. The number of carboxylic acid groups (broad SMARTS) is 1. The lowest BCUT2D eigenvalue weighted by atomic mass is 9.93. The molecule has 5 heteroatoms. The molecule has 0 bridgehead atoms. The molecular weight excluding hydrogens is 196 g/mol. The summed E-state index contributed by atoms with van der Waals surface area (Å²) >= 11 is 0. The maximum atomic E-state index is 11.2. The van der Waals surface area contributed by atoms with Crippen molar-refractivity contribution in [2.45, 2.75) is 51.6 Å². The lowest BCUT2D eigenvalue weighted by Gasteiger charge is -2.29. The number of hydrogen-bond acceptors (Lipinski definition) is 3. The molecule has 0 aliphatic heterocycles. The first kappa shape index (κ1) is 13.9. The molecule has 0 aliphatic rings. The van der Waals surface area contributed by atoms with Gasteiger partial charge in [-0.15, -0.1) is 0 Å². The van der Waals surface area contributed by atoms with E-state index in [0.29, 0.717) is 12.8 Å². The fraction of sp³-hybridized carbons (Fsp3) is 0.800. The van der Waals surface area contributed by atoms with Gasteiger partial charge in [-0.1, -0.05) is 0 Å². The number of carbonyl (C=O) groups excluding carboxylic acids is 1. The minimum absolute atomic E-state index is 0.0582. The summed E-state index contributed by atoms with van der Waals surface area (Å²) in [5.41, 5.74) is 4.47. The summed E-state index contributed by atoms with van der Waals surface area (Å²) in [4.78, 5) is 21.6. The smallest absolute Gasteiger partial charge is 0.303 e. The van der Waals surface area contributed by atoms with E-state index in [-0.39, 0.29) is 12.5 Å². The number of carbonyl (C=O) groups is 2. The Morgan fingerprint density at radius 1 is 1.47 bits per heavy atom. The number of nitrogens with two attached hydrogens (primary N) is 1. The van der Waals surface area contributed by atoms with Crippen LogP contribution in [0.2, 0.25) is 0 Å². The number of rotatable bonds is 7. The molecule has 0 aromatic carbocycles. The Morgan fingerprint density at radius 2 is 2.00 bits per heavy atom. The van der Waals surface area contributed by atoms with Gasteiger partial charge in [0.1, 0.15) is 0 Å². The molecule has 0 radical (unpaired) electrons. The number of aliphatic carboxylic acids is 1. The van der Waals surface area contributed by atoms with Crippen molar-refractivity contribution in [3.63, 3.8) is 0 Å². The average Bonchev–Trinajstić information content (AvgIpc) is 2.01. The Balaban J connectivity index is 4.26. The van der Waals surface area contributed by atoms with Crippen LogP contribution in [0.4, 0.5) is 0 Å². The van der Waals surface area contributed by atoms with Crippen molar-refractivity contribution >= 4 is 11.9 Å². The lowest BCUT2D eigenvalue weighted by molar-refractivity contribution is -0.137. The van der Waals surface area contributed by atoms with Crippen molar-refractivity contribution in [1.82, 2.24) is 5.32 Å². The molecule has 88 valence electrons. The molecule has 4 N–H and O–H groups in total. The molecule has 1 amide bonds. The summed E-state index contributed by atoms with van der Waals surface area (Å²) in [6.07, 6.45) is 0.934. The van der Waals surface area contributed by atoms with E-state index in [4.69, 9.17) is 10.8 Å². The van der Waals surface area contributed by atoms with E-state index in [1.165, 1.54) is 0 Å². The molecule has 0 heterocycles. The topological polar surface area (TPSA) is 92.4 Å². The van der Waals surface area contributed by atoms with Crippen LogP contribution in [0, 0.1) is 0 Å². The Kier molecular flexibility index (Phi) is 5.28. The van der Waals surface area contributed by atoms with Gasteiger partial charge in [-0.3, -0.25) is 9.59 Å². The highest BCUT2D eigenvalue weighted by Gasteiger charge is 2.30. The standard InChI is InChI=1S/C10H20N2O3/c1-7(2)12-10(3,9(11)15)6-4-5-8(13)14/h7,12H,4-6H2,1-3H3,(H2,11,15)(H,13,14). The molecule has 0 aromatic heterocycles. The van der Waals surface area contributed by atoms with Crippen molar-refractivity contribution in [2.75, 3.05) is 0 Å². The molecular formula is C10H20N2O3. The van der Waals surface area contributed by atoms with Gasteiger partial charge in [0, 0.05) is 12.5 Å². The van der Waals surface area contributed by atoms with Crippen LogP contribution in [0.1, 0.15) is 40.0 Å². The fourth-order valence-corrected chi connectivity index (χ4v) is 1.50. The third-order valence-corrected chi connectivity index (χ3v) is 2.22. The third kappa shape index (κ3) is 5.37. The Bertz CT molecular complexity index is 241.